The maximum Gasteiger partial charge on any atom is 0.130 e. The Morgan fingerprint density at radius 3 is 2.15 bits per heavy atom. The lowest BCUT2D eigenvalue weighted by Crippen LogP contribution is -2.26. The highest BCUT2D eigenvalue weighted by Crippen LogP contribution is 2.45. The largest absolute Gasteiger partial charge is 0.490 e. The van der Waals surface area contributed by atoms with E-state index < -0.39 is 0 Å². The summed E-state index contributed by atoms with van der Waals surface area (Å²) in [5, 5.41) is 0. The Hall–Kier alpha value is -1.05. The average Bonchev–Trinajstić information content (AvgIpc) is 2.73. The summed E-state index contributed by atoms with van der Waals surface area (Å²) in [5.41, 5.74) is 2.21. The van der Waals surface area contributed by atoms with Gasteiger partial charge in [0.1, 0.15) is 11.6 Å². The number of aryl methyl sites for hydroxylation is 1. The van der Waals surface area contributed by atoms with Crippen LogP contribution < -0.4 is 4.74 Å². The van der Waals surface area contributed by atoms with E-state index >= 15 is 0 Å². The lowest BCUT2D eigenvalue weighted by atomic mass is 9.68. The van der Waals surface area contributed by atoms with Gasteiger partial charge < -0.3 is 4.74 Å². The molecule has 0 N–H and O–H groups in total. The van der Waals surface area contributed by atoms with Crippen LogP contribution in [0.25, 0.3) is 0 Å². The van der Waals surface area contributed by atoms with E-state index in [-0.39, 0.29) is 11.9 Å². The summed E-state index contributed by atoms with van der Waals surface area (Å²) in [6.45, 7) is 4.49. The fraction of sp³-hybridized carbons (Fsp3) is 0.760. The number of hydrogen-bond donors (Lipinski definition) is 0. The smallest absolute Gasteiger partial charge is 0.130 e. The van der Waals surface area contributed by atoms with E-state index in [1.54, 1.807) is 6.07 Å². The third-order valence-corrected chi connectivity index (χ3v) is 8.01. The summed E-state index contributed by atoms with van der Waals surface area (Å²) >= 11 is 0. The molecule has 1 aromatic carbocycles. The predicted octanol–water partition coefficient (Wildman–Crippen LogP) is 7.42. The van der Waals surface area contributed by atoms with Gasteiger partial charge in [-0.05, 0) is 98.7 Å². The van der Waals surface area contributed by atoms with Crippen molar-refractivity contribution in [1.82, 2.24) is 0 Å². The molecule has 1 unspecified atom stereocenters. The first-order valence-electron chi connectivity index (χ1n) is 11.7. The van der Waals surface area contributed by atoms with Crippen molar-refractivity contribution in [2.45, 2.75) is 103 Å². The third-order valence-electron chi connectivity index (χ3n) is 8.01. The second-order valence-electron chi connectivity index (χ2n) is 9.47. The van der Waals surface area contributed by atoms with Crippen LogP contribution in [0.15, 0.2) is 12.1 Å². The van der Waals surface area contributed by atoms with Crippen LogP contribution in [0.5, 0.6) is 5.75 Å². The van der Waals surface area contributed by atoms with Gasteiger partial charge in [0.25, 0.3) is 0 Å². The number of halogens is 1. The van der Waals surface area contributed by atoms with E-state index in [4.69, 9.17) is 4.74 Å². The second kappa shape index (κ2) is 8.53. The predicted molar refractivity (Wildman–Crippen MR) is 110 cm³/mol. The Bertz CT molecular complexity index is 623. The van der Waals surface area contributed by atoms with Gasteiger partial charge in [-0.15, -0.1) is 0 Å². The van der Waals surface area contributed by atoms with Gasteiger partial charge in [-0.3, -0.25) is 0 Å². The molecule has 1 atom stereocenters. The van der Waals surface area contributed by atoms with Crippen molar-refractivity contribution in [2.75, 3.05) is 0 Å². The number of benzene rings is 1. The van der Waals surface area contributed by atoms with Gasteiger partial charge in [-0.1, -0.05) is 33.1 Å². The quantitative estimate of drug-likeness (QED) is 0.534. The van der Waals surface area contributed by atoms with Gasteiger partial charge in [0.15, 0.2) is 0 Å². The zero-order valence-electron chi connectivity index (χ0n) is 17.3. The molecule has 2 saturated carbocycles. The summed E-state index contributed by atoms with van der Waals surface area (Å²) in [4.78, 5) is 0. The standard InChI is InChI=1S/C25H37FO/c1-3-17-5-7-18(8-6-17)19-9-11-20(12-10-19)23-15-21-13-14-22(4-2)27-25(21)16-24(23)26/h15-20,22H,3-14H2,1-2H3. The minimum absolute atomic E-state index is 0.0302. The van der Waals surface area contributed by atoms with E-state index in [9.17, 15) is 4.39 Å². The highest BCUT2D eigenvalue weighted by molar-refractivity contribution is 5.41. The lowest BCUT2D eigenvalue weighted by molar-refractivity contribution is 0.157. The summed E-state index contributed by atoms with van der Waals surface area (Å²) in [6.07, 6.45) is 15.5. The topological polar surface area (TPSA) is 9.23 Å². The molecule has 2 heteroatoms. The fourth-order valence-corrected chi connectivity index (χ4v) is 6.05. The van der Waals surface area contributed by atoms with Gasteiger partial charge in [0.05, 0.1) is 6.10 Å². The lowest BCUT2D eigenvalue weighted by Gasteiger charge is -2.38. The Labute approximate surface area is 165 Å². The van der Waals surface area contributed by atoms with Gasteiger partial charge in [-0.2, -0.15) is 0 Å². The van der Waals surface area contributed by atoms with Gasteiger partial charge in [-0.25, -0.2) is 4.39 Å². The molecule has 1 aromatic rings. The minimum atomic E-state index is -0.0302. The fourth-order valence-electron chi connectivity index (χ4n) is 6.05. The Morgan fingerprint density at radius 2 is 1.52 bits per heavy atom. The number of rotatable bonds is 4. The SMILES string of the molecule is CCC1CCC(C2CCC(c3cc4c(cc3F)OC(CC)CC4)CC2)CC1. The maximum atomic E-state index is 14.8. The second-order valence-corrected chi connectivity index (χ2v) is 9.47. The molecule has 1 nitrogen and oxygen atoms in total. The molecule has 1 heterocycles. The summed E-state index contributed by atoms with van der Waals surface area (Å²) < 4.78 is 20.8. The first-order valence-corrected chi connectivity index (χ1v) is 11.7. The highest BCUT2D eigenvalue weighted by atomic mass is 19.1. The van der Waals surface area contributed by atoms with E-state index in [1.807, 2.05) is 0 Å². The van der Waals surface area contributed by atoms with Gasteiger partial charge in [0.2, 0.25) is 0 Å². The first-order chi connectivity index (χ1) is 13.2. The summed E-state index contributed by atoms with van der Waals surface area (Å²) in [5.74, 6) is 4.02. The third kappa shape index (κ3) is 4.20. The van der Waals surface area contributed by atoms with E-state index in [2.05, 4.69) is 19.9 Å². The molecule has 0 amide bonds. The Balaban J connectivity index is 1.37. The van der Waals surface area contributed by atoms with Crippen LogP contribution in [0.2, 0.25) is 0 Å². The molecule has 0 saturated heterocycles. The summed E-state index contributed by atoms with van der Waals surface area (Å²) in [6, 6.07) is 3.83. The minimum Gasteiger partial charge on any atom is -0.490 e. The zero-order chi connectivity index (χ0) is 18.8. The molecule has 0 bridgehead atoms. The molecule has 0 spiro atoms. The van der Waals surface area contributed by atoms with Crippen LogP contribution in [0.4, 0.5) is 4.39 Å². The van der Waals surface area contributed by atoms with Crippen molar-refractivity contribution in [1.29, 1.82) is 0 Å². The Morgan fingerprint density at radius 1 is 0.852 bits per heavy atom. The zero-order valence-corrected chi connectivity index (χ0v) is 17.3. The van der Waals surface area contributed by atoms with Crippen LogP contribution in [-0.4, -0.2) is 6.10 Å². The van der Waals surface area contributed by atoms with Crippen molar-refractivity contribution < 1.29 is 9.13 Å². The van der Waals surface area contributed by atoms with Crippen molar-refractivity contribution in [3.05, 3.63) is 29.1 Å². The molecule has 2 aliphatic carbocycles. The highest BCUT2D eigenvalue weighted by Gasteiger charge is 2.32. The first kappa shape index (κ1) is 19.3. The molecule has 27 heavy (non-hydrogen) atoms. The molecule has 3 aliphatic rings. The number of fused-ring (bicyclic) bond motifs is 1. The molecular formula is C25H37FO. The molecule has 4 rings (SSSR count). The van der Waals surface area contributed by atoms with E-state index in [1.165, 1.54) is 63.4 Å². The van der Waals surface area contributed by atoms with E-state index in [0.717, 1.165) is 48.3 Å². The van der Waals surface area contributed by atoms with Gasteiger partial charge >= 0.3 is 0 Å². The molecule has 150 valence electrons. The summed E-state index contributed by atoms with van der Waals surface area (Å²) in [7, 11) is 0. The van der Waals surface area contributed by atoms with Crippen LogP contribution in [0.3, 0.4) is 0 Å². The van der Waals surface area contributed by atoms with Crippen LogP contribution >= 0.6 is 0 Å². The molecular weight excluding hydrogens is 335 g/mol. The molecule has 0 radical (unpaired) electrons. The monoisotopic (exact) mass is 372 g/mol. The Kier molecular flexibility index (Phi) is 6.09. The van der Waals surface area contributed by atoms with Crippen molar-refractivity contribution in [3.8, 4) is 5.75 Å². The molecule has 2 fully saturated rings. The van der Waals surface area contributed by atoms with E-state index in [0.29, 0.717) is 5.92 Å². The number of ether oxygens (including phenoxy) is 1. The van der Waals surface area contributed by atoms with Crippen LogP contribution in [0.1, 0.15) is 102 Å². The van der Waals surface area contributed by atoms with Crippen LogP contribution in [-0.2, 0) is 6.42 Å². The molecule has 1 aliphatic heterocycles. The van der Waals surface area contributed by atoms with Crippen molar-refractivity contribution >= 4 is 0 Å². The maximum absolute atomic E-state index is 14.8. The van der Waals surface area contributed by atoms with Crippen molar-refractivity contribution in [2.24, 2.45) is 17.8 Å². The number of hydrogen-bond acceptors (Lipinski definition) is 1. The van der Waals surface area contributed by atoms with Crippen LogP contribution in [0, 0.1) is 23.6 Å². The average molecular weight is 373 g/mol. The van der Waals surface area contributed by atoms with Crippen molar-refractivity contribution in [3.63, 3.8) is 0 Å². The normalized spacial score (nSPS) is 34.0. The molecule has 0 aromatic heterocycles. The van der Waals surface area contributed by atoms with Gasteiger partial charge in [0, 0.05) is 6.07 Å².